The molecule has 1 aromatic heterocycles. The van der Waals surface area contributed by atoms with E-state index >= 15 is 0 Å². The van der Waals surface area contributed by atoms with Crippen molar-refractivity contribution in [2.45, 2.75) is 45.1 Å². The van der Waals surface area contributed by atoms with Crippen LogP contribution in [0.3, 0.4) is 0 Å². The van der Waals surface area contributed by atoms with E-state index in [1.807, 2.05) is 30.3 Å². The quantitative estimate of drug-likeness (QED) is 0.846. The zero-order chi connectivity index (χ0) is 15.2. The second-order valence-corrected chi connectivity index (χ2v) is 5.04. The smallest absolute Gasteiger partial charge is 0.328 e. The Morgan fingerprint density at radius 3 is 2.48 bits per heavy atom. The molecule has 0 bridgehead atoms. The molecule has 1 heterocycles. The molecule has 1 N–H and O–H groups in total. The average molecular weight is 288 g/mol. The van der Waals surface area contributed by atoms with Gasteiger partial charge < -0.3 is 5.11 Å². The molecular formula is C15H20N4O2. The van der Waals surface area contributed by atoms with E-state index < -0.39 is 12.0 Å². The van der Waals surface area contributed by atoms with Gasteiger partial charge in [-0.15, -0.1) is 5.10 Å². The monoisotopic (exact) mass is 288 g/mol. The first kappa shape index (κ1) is 15.2. The SMILES string of the molecule is CCC(CC)c1nnnn1C(Cc1ccccc1)C(=O)O. The molecule has 0 aliphatic heterocycles. The van der Waals surface area contributed by atoms with Gasteiger partial charge in [-0.25, -0.2) is 9.48 Å². The summed E-state index contributed by atoms with van der Waals surface area (Å²) in [6, 6.07) is 8.75. The van der Waals surface area contributed by atoms with E-state index in [2.05, 4.69) is 29.4 Å². The fraction of sp³-hybridized carbons (Fsp3) is 0.467. The Hall–Kier alpha value is -2.24. The summed E-state index contributed by atoms with van der Waals surface area (Å²) in [6.45, 7) is 4.11. The predicted octanol–water partition coefficient (Wildman–Crippen LogP) is 2.45. The molecule has 0 amide bonds. The molecule has 0 saturated carbocycles. The molecule has 1 aromatic carbocycles. The van der Waals surface area contributed by atoms with E-state index in [-0.39, 0.29) is 5.92 Å². The van der Waals surface area contributed by atoms with E-state index in [0.29, 0.717) is 12.2 Å². The number of carboxylic acids is 1. The third-order valence-electron chi connectivity index (χ3n) is 3.72. The highest BCUT2D eigenvalue weighted by Gasteiger charge is 2.27. The minimum atomic E-state index is -0.918. The highest BCUT2D eigenvalue weighted by Crippen LogP contribution is 2.24. The molecule has 2 rings (SSSR count). The van der Waals surface area contributed by atoms with E-state index in [1.165, 1.54) is 4.68 Å². The van der Waals surface area contributed by atoms with Crippen LogP contribution in [-0.4, -0.2) is 31.3 Å². The van der Waals surface area contributed by atoms with Crippen molar-refractivity contribution in [3.05, 3.63) is 41.7 Å². The maximum absolute atomic E-state index is 11.6. The number of hydrogen-bond donors (Lipinski definition) is 1. The largest absolute Gasteiger partial charge is 0.480 e. The van der Waals surface area contributed by atoms with Gasteiger partial charge in [0.15, 0.2) is 11.9 Å². The Labute approximate surface area is 123 Å². The summed E-state index contributed by atoms with van der Waals surface area (Å²) in [4.78, 5) is 11.6. The van der Waals surface area contributed by atoms with Crippen molar-refractivity contribution >= 4 is 5.97 Å². The Bertz CT molecular complexity index is 578. The van der Waals surface area contributed by atoms with Gasteiger partial charge in [0, 0.05) is 12.3 Å². The number of aliphatic carboxylic acids is 1. The van der Waals surface area contributed by atoms with Crippen LogP contribution in [0.2, 0.25) is 0 Å². The predicted molar refractivity (Wildman–Crippen MR) is 78.0 cm³/mol. The fourth-order valence-electron chi connectivity index (χ4n) is 2.46. The standard InChI is InChI=1S/C15H20N4O2/c1-3-12(4-2)14-16-17-18-19(14)13(15(20)21)10-11-8-6-5-7-9-11/h5-9,12-13H,3-4,10H2,1-2H3,(H,20,21). The zero-order valence-electron chi connectivity index (χ0n) is 12.3. The van der Waals surface area contributed by atoms with Crippen LogP contribution in [0.4, 0.5) is 0 Å². The number of nitrogens with zero attached hydrogens (tertiary/aromatic N) is 4. The Balaban J connectivity index is 2.31. The molecule has 0 radical (unpaired) electrons. The van der Waals surface area contributed by atoms with Crippen molar-refractivity contribution in [1.82, 2.24) is 20.2 Å². The normalized spacial score (nSPS) is 12.5. The molecule has 21 heavy (non-hydrogen) atoms. The maximum atomic E-state index is 11.6. The summed E-state index contributed by atoms with van der Waals surface area (Å²) in [5.41, 5.74) is 0.955. The maximum Gasteiger partial charge on any atom is 0.328 e. The summed E-state index contributed by atoms with van der Waals surface area (Å²) in [5, 5.41) is 21.2. The first-order chi connectivity index (χ1) is 10.2. The summed E-state index contributed by atoms with van der Waals surface area (Å²) in [5.74, 6) is -0.0840. The average Bonchev–Trinajstić information content (AvgIpc) is 2.96. The molecule has 6 nitrogen and oxygen atoms in total. The molecule has 0 saturated heterocycles. The molecule has 1 atom stereocenters. The van der Waals surface area contributed by atoms with Gasteiger partial charge in [-0.3, -0.25) is 0 Å². The summed E-state index contributed by atoms with van der Waals surface area (Å²) >= 11 is 0. The number of carbonyl (C=O) groups is 1. The van der Waals surface area contributed by atoms with Crippen molar-refractivity contribution in [2.75, 3.05) is 0 Å². The molecular weight excluding hydrogens is 268 g/mol. The molecule has 0 fully saturated rings. The molecule has 0 spiro atoms. The van der Waals surface area contributed by atoms with Crippen LogP contribution >= 0.6 is 0 Å². The second kappa shape index (κ2) is 6.97. The van der Waals surface area contributed by atoms with Gasteiger partial charge in [0.2, 0.25) is 0 Å². The van der Waals surface area contributed by atoms with Crippen LogP contribution in [0.5, 0.6) is 0 Å². The highest BCUT2D eigenvalue weighted by molar-refractivity contribution is 5.72. The summed E-state index contributed by atoms with van der Waals surface area (Å²) < 4.78 is 1.47. The lowest BCUT2D eigenvalue weighted by atomic mass is 10.0. The van der Waals surface area contributed by atoms with Gasteiger partial charge in [0.05, 0.1) is 0 Å². The lowest BCUT2D eigenvalue weighted by Gasteiger charge is -2.17. The van der Waals surface area contributed by atoms with Crippen molar-refractivity contribution < 1.29 is 9.90 Å². The molecule has 6 heteroatoms. The van der Waals surface area contributed by atoms with Crippen molar-refractivity contribution in [3.63, 3.8) is 0 Å². The number of tetrazole rings is 1. The lowest BCUT2D eigenvalue weighted by Crippen LogP contribution is -2.25. The van der Waals surface area contributed by atoms with Crippen LogP contribution in [0.15, 0.2) is 30.3 Å². The van der Waals surface area contributed by atoms with Crippen molar-refractivity contribution in [2.24, 2.45) is 0 Å². The Morgan fingerprint density at radius 2 is 1.90 bits per heavy atom. The second-order valence-electron chi connectivity index (χ2n) is 5.04. The van der Waals surface area contributed by atoms with E-state index in [1.54, 1.807) is 0 Å². The molecule has 0 aliphatic carbocycles. The number of hydrogen-bond acceptors (Lipinski definition) is 4. The number of benzene rings is 1. The first-order valence-electron chi connectivity index (χ1n) is 7.21. The van der Waals surface area contributed by atoms with Crippen LogP contribution < -0.4 is 0 Å². The van der Waals surface area contributed by atoms with Gasteiger partial charge in [0.25, 0.3) is 0 Å². The molecule has 1 unspecified atom stereocenters. The van der Waals surface area contributed by atoms with Crippen LogP contribution in [-0.2, 0) is 11.2 Å². The number of carboxylic acid groups (broad SMARTS) is 1. The minimum absolute atomic E-state index is 0.178. The molecule has 0 aliphatic rings. The Kier molecular flexibility index (Phi) is 5.03. The van der Waals surface area contributed by atoms with E-state index in [4.69, 9.17) is 0 Å². The summed E-state index contributed by atoms with van der Waals surface area (Å²) in [7, 11) is 0. The lowest BCUT2D eigenvalue weighted by molar-refractivity contribution is -0.141. The van der Waals surface area contributed by atoms with Gasteiger partial charge >= 0.3 is 5.97 Å². The van der Waals surface area contributed by atoms with E-state index in [0.717, 1.165) is 18.4 Å². The van der Waals surface area contributed by atoms with E-state index in [9.17, 15) is 9.90 Å². The van der Waals surface area contributed by atoms with Gasteiger partial charge in [-0.05, 0) is 28.8 Å². The number of rotatable bonds is 7. The van der Waals surface area contributed by atoms with Crippen LogP contribution in [0, 0.1) is 0 Å². The topological polar surface area (TPSA) is 80.9 Å². The van der Waals surface area contributed by atoms with Crippen LogP contribution in [0.25, 0.3) is 0 Å². The molecule has 112 valence electrons. The van der Waals surface area contributed by atoms with Gasteiger partial charge in [0.1, 0.15) is 0 Å². The Morgan fingerprint density at radius 1 is 1.24 bits per heavy atom. The first-order valence-corrected chi connectivity index (χ1v) is 7.21. The number of aromatic nitrogens is 4. The minimum Gasteiger partial charge on any atom is -0.480 e. The summed E-state index contributed by atoms with van der Waals surface area (Å²) in [6.07, 6.45) is 2.14. The van der Waals surface area contributed by atoms with Crippen LogP contribution in [0.1, 0.15) is 50.0 Å². The molecule has 2 aromatic rings. The third kappa shape index (κ3) is 3.45. The highest BCUT2D eigenvalue weighted by atomic mass is 16.4. The third-order valence-corrected chi connectivity index (χ3v) is 3.72. The zero-order valence-corrected chi connectivity index (χ0v) is 12.3. The van der Waals surface area contributed by atoms with Crippen molar-refractivity contribution in [1.29, 1.82) is 0 Å². The van der Waals surface area contributed by atoms with Crippen molar-refractivity contribution in [3.8, 4) is 0 Å². The fourth-order valence-corrected chi connectivity index (χ4v) is 2.46. The van der Waals surface area contributed by atoms with Gasteiger partial charge in [-0.2, -0.15) is 0 Å². The van der Waals surface area contributed by atoms with Gasteiger partial charge in [-0.1, -0.05) is 44.2 Å².